The van der Waals surface area contributed by atoms with Crippen molar-refractivity contribution in [1.29, 1.82) is 0 Å². The minimum absolute atomic E-state index is 0.376. The lowest BCUT2D eigenvalue weighted by molar-refractivity contribution is -0.913. The van der Waals surface area contributed by atoms with E-state index in [1.54, 1.807) is 24.3 Å². The Labute approximate surface area is 90.1 Å². The molecule has 6 heteroatoms. The molecule has 0 aromatic heterocycles. The maximum Gasteiger partial charge on any atom is 0.307 e. The lowest BCUT2D eigenvalue weighted by Gasteiger charge is -2.33. The van der Waals surface area contributed by atoms with E-state index in [-0.39, 0.29) is 5.70 Å². The number of carbonyl (C=O) groups excluding carboxylic acids is 1. The van der Waals surface area contributed by atoms with Gasteiger partial charge in [0.2, 0.25) is 5.70 Å². The average Bonchev–Trinajstić information content (AvgIpc) is 2.14. The van der Waals surface area contributed by atoms with Gasteiger partial charge in [-0.1, -0.05) is 18.2 Å². The molecule has 0 spiro atoms. The van der Waals surface area contributed by atoms with Gasteiger partial charge in [0.25, 0.3) is 0 Å². The van der Waals surface area contributed by atoms with Gasteiger partial charge >= 0.3 is 5.91 Å². The van der Waals surface area contributed by atoms with E-state index in [0.717, 1.165) is 0 Å². The van der Waals surface area contributed by atoms with Gasteiger partial charge in [-0.2, -0.15) is 5.21 Å². The number of hydroxylamine groups is 2. The molecule has 3 N–H and O–H groups in total. The highest BCUT2D eigenvalue weighted by molar-refractivity contribution is 7.94. The minimum Gasteiger partial charge on any atom is -0.581 e. The van der Waals surface area contributed by atoms with E-state index in [2.05, 4.69) is 0 Å². The molecule has 0 saturated heterocycles. The zero-order valence-electron chi connectivity index (χ0n) is 7.58. The topological polar surface area (TPSA) is 86.4 Å². The van der Waals surface area contributed by atoms with Gasteiger partial charge in [-0.25, -0.2) is 0 Å². The van der Waals surface area contributed by atoms with Gasteiger partial charge in [-0.05, 0) is 11.6 Å². The molecule has 0 fully saturated rings. The van der Waals surface area contributed by atoms with Gasteiger partial charge in [0, 0.05) is 6.08 Å². The molecule has 1 aliphatic rings. The fourth-order valence-electron chi connectivity index (χ4n) is 1.30. The van der Waals surface area contributed by atoms with Gasteiger partial charge in [-0.3, -0.25) is 4.79 Å². The molecule has 5 nitrogen and oxygen atoms in total. The maximum absolute atomic E-state index is 11.5. The van der Waals surface area contributed by atoms with Crippen LogP contribution in [0, 0.1) is 5.21 Å². The molecule has 1 aliphatic heterocycles. The molecule has 0 aliphatic carbocycles. The minimum atomic E-state index is -1.81. The molecule has 1 unspecified atom stereocenters. The molecule has 2 rings (SSSR count). The Kier molecular flexibility index (Phi) is 2.28. The molecule has 78 valence electrons. The third-order valence-corrected chi connectivity index (χ3v) is 3.00. The summed E-state index contributed by atoms with van der Waals surface area (Å²) in [5.74, 6) is -0.922. The summed E-state index contributed by atoms with van der Waals surface area (Å²) in [4.78, 5) is 11.6. The highest BCUT2D eigenvalue weighted by Crippen LogP contribution is 2.40. The van der Waals surface area contributed by atoms with E-state index < -0.39 is 10.1 Å². The van der Waals surface area contributed by atoms with Crippen LogP contribution in [0.15, 0.2) is 34.9 Å². The first-order valence-corrected chi connectivity index (χ1v) is 4.91. The van der Waals surface area contributed by atoms with E-state index in [0.29, 0.717) is 22.4 Å². The zero-order chi connectivity index (χ0) is 11.1. The van der Waals surface area contributed by atoms with E-state index in [9.17, 15) is 15.2 Å². The number of amides is 1. The number of carbonyl (C=O) groups is 1. The van der Waals surface area contributed by atoms with E-state index in [1.807, 2.05) is 0 Å². The van der Waals surface area contributed by atoms with Crippen LogP contribution in [-0.2, 0) is 4.79 Å². The van der Waals surface area contributed by atoms with Gasteiger partial charge in [0.05, 0.1) is 4.90 Å². The molecule has 1 aromatic rings. The van der Waals surface area contributed by atoms with Crippen molar-refractivity contribution in [3.05, 3.63) is 40.7 Å². The van der Waals surface area contributed by atoms with Crippen molar-refractivity contribution in [1.82, 2.24) is 0 Å². The number of quaternary nitrogens is 1. The molecule has 15 heavy (non-hydrogen) atoms. The van der Waals surface area contributed by atoms with Gasteiger partial charge in [-0.15, -0.1) is 4.21 Å². The monoisotopic (exact) mass is 224 g/mol. The van der Waals surface area contributed by atoms with Crippen molar-refractivity contribution in [3.8, 4) is 0 Å². The lowest BCUT2D eigenvalue weighted by Crippen LogP contribution is -2.38. The number of fused-ring (bicyclic) bond motifs is 1. The number of nitrogens with zero attached hydrogens (tertiary/aromatic N) is 1. The summed E-state index contributed by atoms with van der Waals surface area (Å²) in [5.41, 5.74) is 5.33. The van der Waals surface area contributed by atoms with Crippen LogP contribution in [0.2, 0.25) is 0 Å². The summed E-state index contributed by atoms with van der Waals surface area (Å²) in [5, 5.41) is 21.0. The smallest absolute Gasteiger partial charge is 0.307 e. The third-order valence-electron chi connectivity index (χ3n) is 1.99. The summed E-state index contributed by atoms with van der Waals surface area (Å²) in [7, 11) is 0. The van der Waals surface area contributed by atoms with Crippen LogP contribution in [0.3, 0.4) is 0 Å². The summed E-state index contributed by atoms with van der Waals surface area (Å²) in [6.45, 7) is 0. The Morgan fingerprint density at radius 2 is 2.13 bits per heavy atom. The largest absolute Gasteiger partial charge is 0.581 e. The normalized spacial score (nSPS) is 24.3. The standard InChI is InChI=1S/C9H8N2O3S/c10-9(12)7-5-6-3-1-2-4-8(6)15-11(7,13)14/h1-5,13H,(H2,10,12). The quantitative estimate of drug-likeness (QED) is 0.427. The second-order valence-electron chi connectivity index (χ2n) is 3.04. The van der Waals surface area contributed by atoms with Gasteiger partial charge in [0.15, 0.2) is 11.9 Å². The Hall–Kier alpha value is -1.34. The predicted octanol–water partition coefficient (Wildman–Crippen LogP) is 1.24. The lowest BCUT2D eigenvalue weighted by atomic mass is 10.2. The SMILES string of the molecule is NC(=O)C1=Cc2ccccc2S[N+]1([O-])O. The Morgan fingerprint density at radius 1 is 1.47 bits per heavy atom. The molecule has 1 atom stereocenters. The zero-order valence-corrected chi connectivity index (χ0v) is 8.40. The molecule has 1 heterocycles. The van der Waals surface area contributed by atoms with Crippen molar-refractivity contribution in [2.45, 2.75) is 4.90 Å². The summed E-state index contributed by atoms with van der Waals surface area (Å²) in [6.07, 6.45) is 1.31. The third kappa shape index (κ3) is 1.75. The van der Waals surface area contributed by atoms with Crippen LogP contribution < -0.4 is 5.73 Å². The van der Waals surface area contributed by atoms with E-state index in [4.69, 9.17) is 5.73 Å². The number of nitrogens with two attached hydrogens (primary N) is 1. The summed E-state index contributed by atoms with van der Waals surface area (Å²) < 4.78 is -1.81. The molecular formula is C9H8N2O3S. The van der Waals surface area contributed by atoms with Crippen LogP contribution in [0.4, 0.5) is 0 Å². The molecule has 0 radical (unpaired) electrons. The molecule has 1 aromatic carbocycles. The van der Waals surface area contributed by atoms with Crippen LogP contribution in [0.5, 0.6) is 0 Å². The molecule has 1 amide bonds. The second kappa shape index (κ2) is 3.35. The van der Waals surface area contributed by atoms with Crippen molar-refractivity contribution < 1.29 is 14.2 Å². The van der Waals surface area contributed by atoms with Crippen LogP contribution >= 0.6 is 11.9 Å². The number of primary amides is 1. The summed E-state index contributed by atoms with van der Waals surface area (Å²) in [6, 6.07) is 6.95. The second-order valence-corrected chi connectivity index (χ2v) is 4.16. The fraction of sp³-hybridized carbons (Fsp3) is 0. The Morgan fingerprint density at radius 3 is 2.80 bits per heavy atom. The number of benzene rings is 1. The van der Waals surface area contributed by atoms with Crippen LogP contribution in [-0.4, -0.2) is 15.3 Å². The van der Waals surface area contributed by atoms with Crippen molar-refractivity contribution in [2.75, 3.05) is 0 Å². The first-order valence-electron chi connectivity index (χ1n) is 4.14. The van der Waals surface area contributed by atoms with Crippen molar-refractivity contribution in [2.24, 2.45) is 5.73 Å². The first-order chi connectivity index (χ1) is 7.00. The number of rotatable bonds is 1. The first kappa shape index (κ1) is 10.2. The Bertz CT molecular complexity index is 456. The predicted molar refractivity (Wildman–Crippen MR) is 54.9 cm³/mol. The Balaban J connectivity index is 2.57. The molecule has 0 bridgehead atoms. The average molecular weight is 224 g/mol. The van der Waals surface area contributed by atoms with Crippen molar-refractivity contribution in [3.63, 3.8) is 0 Å². The number of hydrogen-bond donors (Lipinski definition) is 2. The van der Waals surface area contributed by atoms with Gasteiger partial charge in [0.1, 0.15) is 0 Å². The molecule has 0 saturated carbocycles. The maximum atomic E-state index is 11.5. The van der Waals surface area contributed by atoms with E-state index >= 15 is 0 Å². The molecular weight excluding hydrogens is 216 g/mol. The van der Waals surface area contributed by atoms with E-state index in [1.165, 1.54) is 6.08 Å². The van der Waals surface area contributed by atoms with Crippen LogP contribution in [0.1, 0.15) is 5.56 Å². The van der Waals surface area contributed by atoms with Crippen molar-refractivity contribution >= 4 is 23.9 Å². The van der Waals surface area contributed by atoms with Gasteiger partial charge < -0.3 is 10.9 Å². The van der Waals surface area contributed by atoms with Crippen LogP contribution in [0.25, 0.3) is 6.08 Å². The summed E-state index contributed by atoms with van der Waals surface area (Å²) >= 11 is 0.619. The number of hydrogen-bond acceptors (Lipinski definition) is 4. The highest BCUT2D eigenvalue weighted by atomic mass is 32.2. The fourth-order valence-corrected chi connectivity index (χ4v) is 2.18. The highest BCUT2D eigenvalue weighted by Gasteiger charge is 2.34.